The van der Waals surface area contributed by atoms with E-state index < -0.39 is 0 Å². The minimum absolute atomic E-state index is 0.511. The van der Waals surface area contributed by atoms with Gasteiger partial charge in [-0.3, -0.25) is 0 Å². The Morgan fingerprint density at radius 1 is 0.950 bits per heavy atom. The van der Waals surface area contributed by atoms with Gasteiger partial charge in [-0.1, -0.05) is 12.8 Å². The van der Waals surface area contributed by atoms with Crippen molar-refractivity contribution in [2.75, 3.05) is 18.0 Å². The molecule has 20 heavy (non-hydrogen) atoms. The molecule has 1 saturated heterocycles. The van der Waals surface area contributed by atoms with E-state index >= 15 is 0 Å². The van der Waals surface area contributed by atoms with Crippen molar-refractivity contribution in [3.63, 3.8) is 0 Å². The van der Waals surface area contributed by atoms with Crippen LogP contribution in [0.3, 0.4) is 0 Å². The number of hydrogen-bond donors (Lipinski definition) is 1. The second-order valence-electron chi connectivity index (χ2n) is 6.08. The molecular formula is C17H25N3. The number of anilines is 1. The van der Waals surface area contributed by atoms with Gasteiger partial charge in [-0.05, 0) is 56.4 Å². The summed E-state index contributed by atoms with van der Waals surface area (Å²) < 4.78 is 0. The Hall–Kier alpha value is -1.51. The molecule has 2 N–H and O–H groups in total. The number of nitrogens with two attached hydrogens (primary N) is 1. The smallest absolute Gasteiger partial charge is 0.103 e. The minimum Gasteiger partial charge on any atom is -0.387 e. The fourth-order valence-electron chi connectivity index (χ4n) is 3.35. The second-order valence-corrected chi connectivity index (χ2v) is 6.08. The molecule has 1 aromatic rings. The molecule has 1 aliphatic carbocycles. The molecule has 0 spiro atoms. The van der Waals surface area contributed by atoms with Crippen LogP contribution in [0.25, 0.3) is 0 Å². The average Bonchev–Trinajstić information content (AvgIpc) is 3.03. The molecule has 3 heteroatoms. The molecule has 1 aliphatic heterocycles. The maximum absolute atomic E-state index is 6.13. The van der Waals surface area contributed by atoms with E-state index in [0.29, 0.717) is 5.92 Å². The lowest BCUT2D eigenvalue weighted by atomic mass is 10.1. The van der Waals surface area contributed by atoms with Gasteiger partial charge in [0.2, 0.25) is 0 Å². The SMILES string of the molecule is NC(=Nc1ccc(N2CCCCC2)cc1)C1CCCC1. The standard InChI is InChI=1S/C17H25N3/c18-17(14-6-2-3-7-14)19-15-8-10-16(11-9-15)20-12-4-1-5-13-20/h8-11,14H,1-7,12-13H2,(H2,18,19). The first-order valence-corrected chi connectivity index (χ1v) is 8.02. The van der Waals surface area contributed by atoms with Crippen LogP contribution in [0, 0.1) is 5.92 Å². The third-order valence-corrected chi connectivity index (χ3v) is 4.60. The topological polar surface area (TPSA) is 41.6 Å². The van der Waals surface area contributed by atoms with E-state index in [0.717, 1.165) is 11.5 Å². The van der Waals surface area contributed by atoms with E-state index in [9.17, 15) is 0 Å². The van der Waals surface area contributed by atoms with Crippen molar-refractivity contribution in [3.05, 3.63) is 24.3 Å². The summed E-state index contributed by atoms with van der Waals surface area (Å²) in [5.74, 6) is 1.34. The molecule has 2 aliphatic rings. The Labute approximate surface area is 121 Å². The van der Waals surface area contributed by atoms with Crippen LogP contribution in [0.15, 0.2) is 29.3 Å². The quantitative estimate of drug-likeness (QED) is 0.670. The van der Waals surface area contributed by atoms with Gasteiger partial charge in [0.25, 0.3) is 0 Å². The first-order valence-electron chi connectivity index (χ1n) is 8.02. The second kappa shape index (κ2) is 6.29. The summed E-state index contributed by atoms with van der Waals surface area (Å²) in [7, 11) is 0. The Bertz CT molecular complexity index is 452. The number of rotatable bonds is 3. The first kappa shape index (κ1) is 13.5. The van der Waals surface area contributed by atoms with Crippen molar-refractivity contribution in [1.82, 2.24) is 0 Å². The summed E-state index contributed by atoms with van der Waals surface area (Å²) in [5, 5.41) is 0. The molecule has 1 heterocycles. The third kappa shape index (κ3) is 3.14. The van der Waals surface area contributed by atoms with Gasteiger partial charge in [-0.25, -0.2) is 4.99 Å². The highest BCUT2D eigenvalue weighted by Gasteiger charge is 2.18. The van der Waals surface area contributed by atoms with E-state index in [-0.39, 0.29) is 0 Å². The molecule has 0 atom stereocenters. The van der Waals surface area contributed by atoms with Gasteiger partial charge in [0, 0.05) is 24.7 Å². The lowest BCUT2D eigenvalue weighted by molar-refractivity contribution is 0.578. The van der Waals surface area contributed by atoms with Crippen LogP contribution in [0.1, 0.15) is 44.9 Å². The van der Waals surface area contributed by atoms with Crippen LogP contribution in [-0.4, -0.2) is 18.9 Å². The molecule has 1 aromatic carbocycles. The number of aliphatic imine (C=N–C) groups is 1. The van der Waals surface area contributed by atoms with E-state index in [1.165, 1.54) is 63.7 Å². The molecule has 0 radical (unpaired) electrons. The van der Waals surface area contributed by atoms with Gasteiger partial charge in [-0.15, -0.1) is 0 Å². The zero-order valence-electron chi connectivity index (χ0n) is 12.2. The van der Waals surface area contributed by atoms with E-state index in [4.69, 9.17) is 5.73 Å². The van der Waals surface area contributed by atoms with E-state index in [2.05, 4.69) is 34.2 Å². The van der Waals surface area contributed by atoms with Crippen molar-refractivity contribution < 1.29 is 0 Å². The number of hydrogen-bond acceptors (Lipinski definition) is 2. The maximum Gasteiger partial charge on any atom is 0.103 e. The highest BCUT2D eigenvalue weighted by atomic mass is 15.1. The molecule has 0 bridgehead atoms. The number of amidine groups is 1. The number of benzene rings is 1. The molecule has 1 saturated carbocycles. The van der Waals surface area contributed by atoms with Crippen molar-refractivity contribution >= 4 is 17.2 Å². The van der Waals surface area contributed by atoms with Crippen LogP contribution in [-0.2, 0) is 0 Å². The van der Waals surface area contributed by atoms with Gasteiger partial charge in [-0.2, -0.15) is 0 Å². The molecule has 0 unspecified atom stereocenters. The minimum atomic E-state index is 0.511. The lowest BCUT2D eigenvalue weighted by Crippen LogP contribution is -2.29. The molecule has 0 amide bonds. The lowest BCUT2D eigenvalue weighted by Gasteiger charge is -2.28. The zero-order chi connectivity index (χ0) is 13.8. The van der Waals surface area contributed by atoms with Gasteiger partial charge >= 0.3 is 0 Å². The molecule has 3 rings (SSSR count). The Morgan fingerprint density at radius 3 is 2.25 bits per heavy atom. The monoisotopic (exact) mass is 271 g/mol. The summed E-state index contributed by atoms with van der Waals surface area (Å²) in [6, 6.07) is 8.58. The predicted molar refractivity (Wildman–Crippen MR) is 85.7 cm³/mol. The van der Waals surface area contributed by atoms with Crippen LogP contribution in [0.2, 0.25) is 0 Å². The van der Waals surface area contributed by atoms with Crippen molar-refractivity contribution in [3.8, 4) is 0 Å². The Kier molecular flexibility index (Phi) is 4.24. The van der Waals surface area contributed by atoms with Crippen molar-refractivity contribution in [2.45, 2.75) is 44.9 Å². The van der Waals surface area contributed by atoms with Crippen LogP contribution in [0.4, 0.5) is 11.4 Å². The maximum atomic E-state index is 6.13. The van der Waals surface area contributed by atoms with Crippen molar-refractivity contribution in [2.24, 2.45) is 16.6 Å². The first-order chi connectivity index (χ1) is 9.83. The van der Waals surface area contributed by atoms with Gasteiger partial charge in [0.15, 0.2) is 0 Å². The Balaban J connectivity index is 1.67. The zero-order valence-corrected chi connectivity index (χ0v) is 12.2. The number of piperidine rings is 1. The van der Waals surface area contributed by atoms with Gasteiger partial charge in [0.05, 0.1) is 5.69 Å². The van der Waals surface area contributed by atoms with Gasteiger partial charge < -0.3 is 10.6 Å². The summed E-state index contributed by atoms with van der Waals surface area (Å²) >= 11 is 0. The summed E-state index contributed by atoms with van der Waals surface area (Å²) in [6.45, 7) is 2.37. The van der Waals surface area contributed by atoms with Crippen LogP contribution >= 0.6 is 0 Å². The summed E-state index contributed by atoms with van der Waals surface area (Å²) in [5.41, 5.74) is 8.45. The Morgan fingerprint density at radius 2 is 1.60 bits per heavy atom. The normalized spacial score (nSPS) is 21.4. The molecular weight excluding hydrogens is 246 g/mol. The molecule has 0 aromatic heterocycles. The highest BCUT2D eigenvalue weighted by molar-refractivity contribution is 5.85. The number of nitrogens with zero attached hydrogens (tertiary/aromatic N) is 2. The van der Waals surface area contributed by atoms with E-state index in [1.54, 1.807) is 0 Å². The predicted octanol–water partition coefficient (Wildman–Crippen LogP) is 3.86. The fraction of sp³-hybridized carbons (Fsp3) is 0.588. The molecule has 3 nitrogen and oxygen atoms in total. The average molecular weight is 271 g/mol. The van der Waals surface area contributed by atoms with E-state index in [1.807, 2.05) is 0 Å². The molecule has 2 fully saturated rings. The highest BCUT2D eigenvalue weighted by Crippen LogP contribution is 2.27. The summed E-state index contributed by atoms with van der Waals surface area (Å²) in [4.78, 5) is 7.07. The molecule has 108 valence electrons. The third-order valence-electron chi connectivity index (χ3n) is 4.60. The largest absolute Gasteiger partial charge is 0.387 e. The fourth-order valence-corrected chi connectivity index (χ4v) is 3.35. The van der Waals surface area contributed by atoms with Crippen molar-refractivity contribution in [1.29, 1.82) is 0 Å². The van der Waals surface area contributed by atoms with Crippen LogP contribution in [0.5, 0.6) is 0 Å². The summed E-state index contributed by atoms with van der Waals surface area (Å²) in [6.07, 6.45) is 9.02. The van der Waals surface area contributed by atoms with Gasteiger partial charge in [0.1, 0.15) is 5.84 Å². The van der Waals surface area contributed by atoms with Crippen LogP contribution < -0.4 is 10.6 Å².